The van der Waals surface area contributed by atoms with Crippen molar-refractivity contribution in [2.45, 2.75) is 22.7 Å². The first-order valence-electron chi connectivity index (χ1n) is 22.1. The molecule has 0 spiro atoms. The minimum absolute atomic E-state index is 0.00817. The van der Waals surface area contributed by atoms with Gasteiger partial charge in [0.05, 0.1) is 37.5 Å². The summed E-state index contributed by atoms with van der Waals surface area (Å²) in [7, 11) is 3.06. The molecule has 0 amide bonds. The van der Waals surface area contributed by atoms with E-state index in [1.807, 2.05) is 152 Å². The summed E-state index contributed by atoms with van der Waals surface area (Å²) in [5.74, 6) is -2.51. The Balaban J connectivity index is 1.37. The van der Waals surface area contributed by atoms with Crippen molar-refractivity contribution in [1.82, 2.24) is 10.6 Å². The molecule has 16 heteroatoms. The third kappa shape index (κ3) is 12.2. The van der Waals surface area contributed by atoms with Crippen LogP contribution in [0.25, 0.3) is 0 Å². The van der Waals surface area contributed by atoms with Gasteiger partial charge in [-0.3, -0.25) is 5.32 Å². The molecule has 6 aromatic rings. The first kappa shape index (κ1) is 50.4. The van der Waals surface area contributed by atoms with Crippen LogP contribution in [-0.2, 0) is 43.6 Å². The van der Waals surface area contributed by atoms with Crippen LogP contribution in [0.2, 0.25) is 0 Å². The molecule has 0 fully saturated rings. The number of benzene rings is 6. The monoisotopic (exact) mass is 964 g/mol. The predicted octanol–water partition coefficient (Wildman–Crippen LogP) is 8.43. The normalized spacial score (nSPS) is 14.9. The van der Waals surface area contributed by atoms with E-state index in [1.165, 1.54) is 26.4 Å². The van der Waals surface area contributed by atoms with Crippen LogP contribution >= 0.6 is 11.8 Å². The maximum atomic E-state index is 15.0. The van der Waals surface area contributed by atoms with Crippen molar-refractivity contribution in [1.29, 1.82) is 5.26 Å². The molecule has 0 aliphatic carbocycles. The molecule has 7 rings (SSSR count). The minimum atomic E-state index is -1.82. The summed E-state index contributed by atoms with van der Waals surface area (Å²) in [6.07, 6.45) is -1.17. The van der Waals surface area contributed by atoms with Crippen molar-refractivity contribution in [2.24, 2.45) is 5.16 Å². The number of methoxy groups -OCH3 is 2. The van der Waals surface area contributed by atoms with Crippen molar-refractivity contribution < 1.29 is 52.7 Å². The van der Waals surface area contributed by atoms with Crippen LogP contribution in [0.15, 0.2) is 181 Å². The van der Waals surface area contributed by atoms with Gasteiger partial charge in [0.2, 0.25) is 11.8 Å². The number of hydrogen-bond acceptors (Lipinski definition) is 15. The summed E-state index contributed by atoms with van der Waals surface area (Å²) < 4.78 is 39.6. The van der Waals surface area contributed by atoms with Crippen LogP contribution in [-0.4, -0.2) is 82.0 Å². The zero-order chi connectivity index (χ0) is 49.0. The van der Waals surface area contributed by atoms with Gasteiger partial charge in [0.25, 0.3) is 0 Å². The number of rotatable bonds is 26. The summed E-state index contributed by atoms with van der Waals surface area (Å²) in [6.45, 7) is 0.359. The molecule has 0 saturated heterocycles. The molecule has 2 unspecified atom stereocenters. The number of carbonyl (C=O) groups is 2. The first-order valence-corrected chi connectivity index (χ1v) is 23.0. The van der Waals surface area contributed by atoms with Gasteiger partial charge in [-0.2, -0.15) is 5.26 Å². The van der Waals surface area contributed by atoms with Crippen LogP contribution in [0.4, 0.5) is 0 Å². The molecular formula is C54H52N4O11S. The number of nitriles is 1. The number of carboxylic acids is 1. The Morgan fingerprint density at radius 1 is 0.714 bits per heavy atom. The van der Waals surface area contributed by atoms with Gasteiger partial charge in [-0.15, -0.1) is 0 Å². The molecule has 0 radical (unpaired) electrons. The fourth-order valence-electron chi connectivity index (χ4n) is 7.70. The number of ether oxygens (including phenoxy) is 7. The fraction of sp³-hybridized carbons (Fsp3) is 0.222. The van der Waals surface area contributed by atoms with Crippen molar-refractivity contribution in [3.8, 4) is 17.6 Å². The molecule has 3 N–H and O–H groups in total. The second kappa shape index (κ2) is 25.2. The van der Waals surface area contributed by atoms with Gasteiger partial charge in [-0.25, -0.2) is 9.59 Å². The van der Waals surface area contributed by atoms with Crippen molar-refractivity contribution >= 4 is 29.4 Å². The highest BCUT2D eigenvalue weighted by Crippen LogP contribution is 2.43. The van der Waals surface area contributed by atoms with Gasteiger partial charge in [-0.1, -0.05) is 169 Å². The third-order valence-electron chi connectivity index (χ3n) is 11.0. The van der Waals surface area contributed by atoms with Crippen molar-refractivity contribution in [2.75, 3.05) is 54.2 Å². The largest absolute Gasteiger partial charge is 0.477 e. The van der Waals surface area contributed by atoms with Gasteiger partial charge in [0.1, 0.15) is 6.07 Å². The molecule has 1 aliphatic rings. The molecule has 0 bridgehead atoms. The molecule has 0 aromatic heterocycles. The third-order valence-corrected chi connectivity index (χ3v) is 12.0. The Labute approximate surface area is 410 Å². The van der Waals surface area contributed by atoms with Gasteiger partial charge in [-0.05, 0) is 45.4 Å². The summed E-state index contributed by atoms with van der Waals surface area (Å²) in [5.41, 5.74) is 1.79. The Bertz CT molecular complexity index is 2570. The Hall–Kier alpha value is -7.49. The van der Waals surface area contributed by atoms with E-state index in [0.717, 1.165) is 28.5 Å². The summed E-state index contributed by atoms with van der Waals surface area (Å²) in [4.78, 5) is 33.4. The number of nitrogens with one attached hydrogen (secondary N) is 2. The van der Waals surface area contributed by atoms with E-state index < -0.39 is 40.4 Å². The lowest BCUT2D eigenvalue weighted by atomic mass is 9.76. The molecule has 70 heavy (non-hydrogen) atoms. The molecular weight excluding hydrogens is 913 g/mol. The number of esters is 1. The lowest BCUT2D eigenvalue weighted by Gasteiger charge is -2.44. The highest BCUT2D eigenvalue weighted by atomic mass is 32.2. The highest BCUT2D eigenvalue weighted by molar-refractivity contribution is 8.04. The van der Waals surface area contributed by atoms with Gasteiger partial charge in [0.15, 0.2) is 36.2 Å². The van der Waals surface area contributed by atoms with Crippen LogP contribution in [0.1, 0.15) is 51.2 Å². The number of carbonyl (C=O) groups excluding carboxylic acids is 1. The van der Waals surface area contributed by atoms with Gasteiger partial charge < -0.3 is 48.4 Å². The molecule has 15 nitrogen and oxygen atoms in total. The number of oxime groups is 1. The van der Waals surface area contributed by atoms with Crippen molar-refractivity contribution in [3.63, 3.8) is 0 Å². The number of thioether (sulfide) groups is 1. The maximum Gasteiger partial charge on any atom is 0.358 e. The molecule has 1 heterocycles. The average Bonchev–Trinajstić information content (AvgIpc) is 3.88. The van der Waals surface area contributed by atoms with E-state index in [1.54, 1.807) is 11.6 Å². The Morgan fingerprint density at radius 3 is 1.67 bits per heavy atom. The van der Waals surface area contributed by atoms with E-state index in [4.69, 9.17) is 38.0 Å². The van der Waals surface area contributed by atoms with Gasteiger partial charge >= 0.3 is 11.9 Å². The molecule has 6 aromatic carbocycles. The highest BCUT2D eigenvalue weighted by Gasteiger charge is 2.51. The lowest BCUT2D eigenvalue weighted by molar-refractivity contribution is -0.162. The summed E-state index contributed by atoms with van der Waals surface area (Å²) in [5, 5.41) is 34.9. The lowest BCUT2D eigenvalue weighted by Crippen LogP contribution is -2.65. The minimum Gasteiger partial charge on any atom is -0.477 e. The van der Waals surface area contributed by atoms with E-state index >= 15 is 4.79 Å². The number of aliphatic carboxylic acids is 1. The van der Waals surface area contributed by atoms with Crippen LogP contribution < -0.4 is 20.1 Å². The predicted molar refractivity (Wildman–Crippen MR) is 262 cm³/mol. The summed E-state index contributed by atoms with van der Waals surface area (Å²) in [6, 6.07) is 52.0. The standard InChI is InChI=1S/C54H52N4O11S/c1-62-29-31-64-37-66-46-35-41(34-42(36-55)48(46)67-38-65-32-30-63-2)49(52(61)68-47(39-18-8-3-9-19-39)40-20-10-4-11-21-40)69-57-50(51(59)60)54(56-28-33-70-54)58-53(43-22-12-5-13-23-43,44-24-14-6-15-25-44)45-26-16-7-17-27-45/h3-28,33-35,47,49,56,58H,29-32,37-38H2,1-2H3,(H,59,60)/b57-50+. The van der Waals surface area contributed by atoms with Crippen molar-refractivity contribution in [3.05, 3.63) is 214 Å². The van der Waals surface area contributed by atoms with Crippen LogP contribution in [0, 0.1) is 11.3 Å². The van der Waals surface area contributed by atoms with Gasteiger partial charge in [0, 0.05) is 26.0 Å². The summed E-state index contributed by atoms with van der Waals surface area (Å²) >= 11 is 1.10. The van der Waals surface area contributed by atoms with E-state index in [-0.39, 0.29) is 56.0 Å². The molecule has 2 atom stereocenters. The van der Waals surface area contributed by atoms with E-state index in [0.29, 0.717) is 17.7 Å². The van der Waals surface area contributed by atoms with E-state index in [9.17, 15) is 15.2 Å². The maximum absolute atomic E-state index is 15.0. The topological polar surface area (TPSA) is 188 Å². The second-order valence-corrected chi connectivity index (χ2v) is 16.5. The smallest absolute Gasteiger partial charge is 0.358 e. The number of hydrogen-bond donors (Lipinski definition) is 3. The number of nitrogens with zero attached hydrogens (tertiary/aromatic N) is 2. The first-order chi connectivity index (χ1) is 34.3. The Kier molecular flexibility index (Phi) is 18.2. The Morgan fingerprint density at radius 2 is 1.21 bits per heavy atom. The van der Waals surface area contributed by atoms with Crippen LogP contribution in [0.5, 0.6) is 11.5 Å². The number of carboxylic acid groups (broad SMARTS) is 1. The SMILES string of the molecule is COCCOCOc1cc(C(O/N=C(\C(=O)O)C2(NC(c3ccccc3)(c3ccccc3)c3ccccc3)NC=CS2)C(=O)OC(c2ccccc2)c2ccccc2)cc(C#N)c1OCOCCOC. The zero-order valence-corrected chi connectivity index (χ0v) is 39.3. The quantitative estimate of drug-likeness (QED) is 0.0117. The zero-order valence-electron chi connectivity index (χ0n) is 38.5. The fourth-order valence-corrected chi connectivity index (χ4v) is 8.62. The molecule has 1 aliphatic heterocycles. The van der Waals surface area contributed by atoms with E-state index in [2.05, 4.69) is 21.9 Å². The second-order valence-electron chi connectivity index (χ2n) is 15.4. The average molecular weight is 965 g/mol. The molecule has 360 valence electrons. The molecule has 0 saturated carbocycles. The van der Waals surface area contributed by atoms with Crippen LogP contribution in [0.3, 0.4) is 0 Å².